The summed E-state index contributed by atoms with van der Waals surface area (Å²) < 4.78 is 26.9. The molecule has 0 radical (unpaired) electrons. The van der Waals surface area contributed by atoms with E-state index < -0.39 is 10.0 Å². The molecule has 1 aliphatic rings. The van der Waals surface area contributed by atoms with Crippen molar-refractivity contribution in [1.29, 1.82) is 0 Å². The fraction of sp³-hybridized carbons (Fsp3) is 0.650. The molecule has 1 fully saturated rings. The van der Waals surface area contributed by atoms with E-state index in [0.29, 0.717) is 30.8 Å². The fourth-order valence-corrected chi connectivity index (χ4v) is 4.39. The van der Waals surface area contributed by atoms with Crippen LogP contribution in [0.1, 0.15) is 58.9 Å². The summed E-state index contributed by atoms with van der Waals surface area (Å²) in [4.78, 5) is 12.4. The highest BCUT2D eigenvalue weighted by atomic mass is 32.2. The molecule has 0 bridgehead atoms. The van der Waals surface area contributed by atoms with Crippen molar-refractivity contribution in [1.82, 2.24) is 9.62 Å². The molecule has 1 saturated heterocycles. The third kappa shape index (κ3) is 5.55. The zero-order valence-corrected chi connectivity index (χ0v) is 17.2. The van der Waals surface area contributed by atoms with Crippen molar-refractivity contribution < 1.29 is 13.2 Å². The first kappa shape index (κ1) is 20.9. The Balaban J connectivity index is 1.92. The topological polar surface area (TPSA) is 66.5 Å². The number of nitrogens with one attached hydrogen (secondary N) is 1. The highest BCUT2D eigenvalue weighted by Crippen LogP contribution is 2.21. The monoisotopic (exact) mass is 380 g/mol. The van der Waals surface area contributed by atoms with Crippen LogP contribution in [0.15, 0.2) is 29.2 Å². The van der Waals surface area contributed by atoms with Crippen LogP contribution in [0.3, 0.4) is 0 Å². The van der Waals surface area contributed by atoms with Crippen LogP contribution in [0.2, 0.25) is 0 Å². The minimum Gasteiger partial charge on any atom is -0.353 e. The van der Waals surface area contributed by atoms with Gasteiger partial charge in [-0.1, -0.05) is 39.3 Å². The molecule has 2 rings (SSSR count). The molecule has 0 aliphatic carbocycles. The molecule has 0 spiro atoms. The van der Waals surface area contributed by atoms with Gasteiger partial charge in [-0.05, 0) is 49.3 Å². The van der Waals surface area contributed by atoms with Crippen molar-refractivity contribution in [3.63, 3.8) is 0 Å². The lowest BCUT2D eigenvalue weighted by atomic mass is 9.88. The molecular formula is C20H32N2O3S. The molecule has 26 heavy (non-hydrogen) atoms. The summed E-state index contributed by atoms with van der Waals surface area (Å²) in [5.41, 5.74) is 1.00. The van der Waals surface area contributed by atoms with Gasteiger partial charge in [-0.25, -0.2) is 8.42 Å². The number of piperidine rings is 1. The number of carbonyl (C=O) groups is 1. The van der Waals surface area contributed by atoms with Gasteiger partial charge < -0.3 is 5.32 Å². The van der Waals surface area contributed by atoms with Crippen LogP contribution < -0.4 is 5.32 Å². The second-order valence-corrected chi connectivity index (χ2v) is 10.2. The lowest BCUT2D eigenvalue weighted by Gasteiger charge is -2.28. The Hall–Kier alpha value is -1.40. The van der Waals surface area contributed by atoms with Crippen molar-refractivity contribution in [2.45, 2.75) is 70.7 Å². The highest BCUT2D eigenvalue weighted by Gasteiger charge is 2.25. The predicted molar refractivity (Wildman–Crippen MR) is 104 cm³/mol. The Morgan fingerprint density at radius 3 is 2.23 bits per heavy atom. The summed E-state index contributed by atoms with van der Waals surface area (Å²) in [5, 5.41) is 3.03. The number of benzene rings is 1. The molecule has 1 N–H and O–H groups in total. The summed E-state index contributed by atoms with van der Waals surface area (Å²) in [6, 6.07) is 7.06. The lowest BCUT2D eigenvalue weighted by Crippen LogP contribution is -2.41. The van der Waals surface area contributed by atoms with Gasteiger partial charge in [0.25, 0.3) is 0 Å². The average Bonchev–Trinajstić information content (AvgIpc) is 2.60. The van der Waals surface area contributed by atoms with E-state index in [-0.39, 0.29) is 17.4 Å². The highest BCUT2D eigenvalue weighted by molar-refractivity contribution is 7.89. The SMILES string of the molecule is CC(NC(=O)CCc1ccc(S(=O)(=O)N2CCCCC2)cc1)C(C)(C)C. The molecule has 1 aliphatic heterocycles. The van der Waals surface area contributed by atoms with E-state index in [4.69, 9.17) is 0 Å². The van der Waals surface area contributed by atoms with Gasteiger partial charge in [0.2, 0.25) is 15.9 Å². The Labute approximate surface area is 158 Å². The van der Waals surface area contributed by atoms with Crippen molar-refractivity contribution in [3.8, 4) is 0 Å². The summed E-state index contributed by atoms with van der Waals surface area (Å²) >= 11 is 0. The van der Waals surface area contributed by atoms with E-state index in [1.165, 1.54) is 0 Å². The quantitative estimate of drug-likeness (QED) is 0.823. The smallest absolute Gasteiger partial charge is 0.243 e. The van der Waals surface area contributed by atoms with Crippen molar-refractivity contribution in [3.05, 3.63) is 29.8 Å². The molecule has 0 aromatic heterocycles. The van der Waals surface area contributed by atoms with Gasteiger partial charge in [-0.2, -0.15) is 4.31 Å². The Morgan fingerprint density at radius 1 is 1.12 bits per heavy atom. The van der Waals surface area contributed by atoms with Crippen LogP contribution in [0.25, 0.3) is 0 Å². The Bertz CT molecular complexity index is 700. The number of nitrogens with zero attached hydrogens (tertiary/aromatic N) is 1. The molecule has 0 saturated carbocycles. The molecule has 6 heteroatoms. The molecule has 5 nitrogen and oxygen atoms in total. The molecule has 1 atom stereocenters. The van der Waals surface area contributed by atoms with Gasteiger partial charge in [0.1, 0.15) is 0 Å². The second kappa shape index (κ2) is 8.53. The molecule has 1 unspecified atom stereocenters. The number of carbonyl (C=O) groups excluding carboxylic acids is 1. The van der Waals surface area contributed by atoms with Crippen LogP contribution in [0, 0.1) is 5.41 Å². The van der Waals surface area contributed by atoms with Gasteiger partial charge in [-0.3, -0.25) is 4.79 Å². The molecular weight excluding hydrogens is 348 g/mol. The zero-order valence-electron chi connectivity index (χ0n) is 16.4. The van der Waals surface area contributed by atoms with Gasteiger partial charge in [0, 0.05) is 25.6 Å². The number of sulfonamides is 1. The maximum atomic E-state index is 12.6. The van der Waals surface area contributed by atoms with Crippen LogP contribution in [0.5, 0.6) is 0 Å². The minimum atomic E-state index is -3.39. The first-order valence-corrected chi connectivity index (χ1v) is 10.9. The predicted octanol–water partition coefficient (Wildman–Crippen LogP) is 3.34. The first-order chi connectivity index (χ1) is 12.1. The largest absolute Gasteiger partial charge is 0.353 e. The van der Waals surface area contributed by atoms with Crippen molar-refractivity contribution >= 4 is 15.9 Å². The average molecular weight is 381 g/mol. The van der Waals surface area contributed by atoms with E-state index in [0.717, 1.165) is 24.8 Å². The summed E-state index contributed by atoms with van der Waals surface area (Å²) in [6.45, 7) is 9.52. The number of hydrogen-bond acceptors (Lipinski definition) is 3. The number of aryl methyl sites for hydroxylation is 1. The van der Waals surface area contributed by atoms with Gasteiger partial charge in [0.15, 0.2) is 0 Å². The first-order valence-electron chi connectivity index (χ1n) is 9.49. The van der Waals surface area contributed by atoms with Crippen LogP contribution in [-0.2, 0) is 21.2 Å². The van der Waals surface area contributed by atoms with Gasteiger partial charge >= 0.3 is 0 Å². The van der Waals surface area contributed by atoms with Crippen molar-refractivity contribution in [2.24, 2.45) is 5.41 Å². The van der Waals surface area contributed by atoms with E-state index >= 15 is 0 Å². The maximum Gasteiger partial charge on any atom is 0.243 e. The van der Waals surface area contributed by atoms with Gasteiger partial charge in [0.05, 0.1) is 4.90 Å². The van der Waals surface area contributed by atoms with E-state index in [1.54, 1.807) is 16.4 Å². The zero-order chi connectivity index (χ0) is 19.4. The summed E-state index contributed by atoms with van der Waals surface area (Å²) in [7, 11) is -3.39. The van der Waals surface area contributed by atoms with E-state index in [1.807, 2.05) is 19.1 Å². The van der Waals surface area contributed by atoms with Crippen LogP contribution in [0.4, 0.5) is 0 Å². The van der Waals surface area contributed by atoms with Crippen molar-refractivity contribution in [2.75, 3.05) is 13.1 Å². The van der Waals surface area contributed by atoms with Crippen LogP contribution >= 0.6 is 0 Å². The number of rotatable bonds is 6. The minimum absolute atomic E-state index is 0.0254. The molecule has 146 valence electrons. The molecule has 1 amide bonds. The van der Waals surface area contributed by atoms with E-state index in [9.17, 15) is 13.2 Å². The summed E-state index contributed by atoms with van der Waals surface area (Å²) in [6.07, 6.45) is 3.96. The standard InChI is InChI=1S/C20H32N2O3S/c1-16(20(2,3)4)21-19(23)13-10-17-8-11-18(12-9-17)26(24,25)22-14-6-5-7-15-22/h8-9,11-12,16H,5-7,10,13-15H2,1-4H3,(H,21,23). The second-order valence-electron chi connectivity index (χ2n) is 8.26. The van der Waals surface area contributed by atoms with Gasteiger partial charge in [-0.15, -0.1) is 0 Å². The number of hydrogen-bond donors (Lipinski definition) is 1. The third-order valence-electron chi connectivity index (χ3n) is 5.19. The molecule has 1 heterocycles. The lowest BCUT2D eigenvalue weighted by molar-refractivity contribution is -0.122. The molecule has 1 aromatic carbocycles. The Morgan fingerprint density at radius 2 is 1.69 bits per heavy atom. The Kier molecular flexibility index (Phi) is 6.86. The fourth-order valence-electron chi connectivity index (χ4n) is 2.87. The summed E-state index contributed by atoms with van der Waals surface area (Å²) in [5.74, 6) is 0.0254. The maximum absolute atomic E-state index is 12.6. The third-order valence-corrected chi connectivity index (χ3v) is 7.11. The van der Waals surface area contributed by atoms with Crippen LogP contribution in [-0.4, -0.2) is 37.8 Å². The normalized spacial score (nSPS) is 17.7. The van der Waals surface area contributed by atoms with E-state index in [2.05, 4.69) is 26.1 Å². The number of amides is 1. The molecule has 1 aromatic rings.